The Morgan fingerprint density at radius 2 is 2.00 bits per heavy atom. The van der Waals surface area contributed by atoms with Crippen molar-refractivity contribution in [2.75, 3.05) is 11.9 Å². The fourth-order valence-corrected chi connectivity index (χ4v) is 2.59. The average Bonchev–Trinajstić information content (AvgIpc) is 3.07. The van der Waals surface area contributed by atoms with E-state index in [1.165, 1.54) is 6.20 Å². The van der Waals surface area contributed by atoms with Crippen molar-refractivity contribution in [3.63, 3.8) is 0 Å². The van der Waals surface area contributed by atoms with E-state index in [9.17, 15) is 9.59 Å². The lowest BCUT2D eigenvalue weighted by atomic mass is 10.1. The van der Waals surface area contributed by atoms with E-state index in [4.69, 9.17) is 11.6 Å². The molecule has 134 valence electrons. The zero-order valence-corrected chi connectivity index (χ0v) is 15.1. The topological polar surface area (TPSA) is 99.8 Å². The maximum atomic E-state index is 12.4. The van der Waals surface area contributed by atoms with Crippen LogP contribution < -0.4 is 10.6 Å². The van der Waals surface area contributed by atoms with E-state index in [0.29, 0.717) is 40.3 Å². The molecule has 0 radical (unpaired) electrons. The summed E-state index contributed by atoms with van der Waals surface area (Å²) >= 11 is 6.19. The number of nitrogens with zero attached hydrogens (tertiary/aromatic N) is 2. The zero-order chi connectivity index (χ0) is 18.7. The minimum atomic E-state index is -0.331. The molecule has 0 spiro atoms. The van der Waals surface area contributed by atoms with Crippen LogP contribution in [0.3, 0.4) is 0 Å². The molecule has 3 aromatic rings. The molecule has 0 atom stereocenters. The summed E-state index contributed by atoms with van der Waals surface area (Å²) < 4.78 is 0. The molecule has 0 aliphatic rings. The molecule has 2 amide bonds. The van der Waals surface area contributed by atoms with Gasteiger partial charge in [0.1, 0.15) is 5.52 Å². The first-order valence-electron chi connectivity index (χ1n) is 8.12. The molecule has 1 aromatic carbocycles. The Morgan fingerprint density at radius 3 is 2.73 bits per heavy atom. The number of fused-ring (bicyclic) bond motifs is 1. The standard InChI is InChI=1S/C18H18ClN5O2/c1-10(2)7-21-18(26)13-4-3-12(6-14(13)19)23-17(25)11-5-15-16(20-8-11)9-22-24-15/h3-6,8-10H,7H2,1-2H3,(H,21,26)(H,22,24)(H,23,25). The molecule has 0 aliphatic carbocycles. The highest BCUT2D eigenvalue weighted by molar-refractivity contribution is 6.34. The van der Waals surface area contributed by atoms with Crippen LogP contribution in [0.25, 0.3) is 11.0 Å². The minimum Gasteiger partial charge on any atom is -0.352 e. The van der Waals surface area contributed by atoms with E-state index in [2.05, 4.69) is 25.8 Å². The molecule has 0 aliphatic heterocycles. The first-order valence-corrected chi connectivity index (χ1v) is 8.50. The molecule has 0 unspecified atom stereocenters. The third-order valence-corrected chi connectivity index (χ3v) is 4.01. The summed E-state index contributed by atoms with van der Waals surface area (Å²) in [7, 11) is 0. The number of pyridine rings is 1. The predicted octanol–water partition coefficient (Wildman–Crippen LogP) is 3.25. The molecule has 2 heterocycles. The Kier molecular flexibility index (Phi) is 5.18. The van der Waals surface area contributed by atoms with Crippen molar-refractivity contribution in [1.29, 1.82) is 0 Å². The van der Waals surface area contributed by atoms with Gasteiger partial charge in [0.15, 0.2) is 0 Å². The number of halogens is 1. The fourth-order valence-electron chi connectivity index (χ4n) is 2.33. The number of anilines is 1. The SMILES string of the molecule is CC(C)CNC(=O)c1ccc(NC(=O)c2cnc3cn[nH]c3c2)cc1Cl. The number of aromatic amines is 1. The first kappa shape index (κ1) is 17.9. The van der Waals surface area contributed by atoms with Crippen molar-refractivity contribution in [2.45, 2.75) is 13.8 Å². The molecule has 3 rings (SSSR count). The van der Waals surface area contributed by atoms with E-state index in [-0.39, 0.29) is 16.8 Å². The van der Waals surface area contributed by atoms with Crippen molar-refractivity contribution in [1.82, 2.24) is 20.5 Å². The van der Waals surface area contributed by atoms with Gasteiger partial charge < -0.3 is 10.6 Å². The predicted molar refractivity (Wildman–Crippen MR) is 100 cm³/mol. The number of aromatic nitrogens is 3. The Morgan fingerprint density at radius 1 is 1.19 bits per heavy atom. The van der Waals surface area contributed by atoms with E-state index in [1.807, 2.05) is 13.8 Å². The summed E-state index contributed by atoms with van der Waals surface area (Å²) in [5.41, 5.74) is 2.60. The average molecular weight is 372 g/mol. The minimum absolute atomic E-state index is 0.240. The lowest BCUT2D eigenvalue weighted by Gasteiger charge is -2.10. The van der Waals surface area contributed by atoms with Crippen molar-refractivity contribution in [3.8, 4) is 0 Å². The van der Waals surface area contributed by atoms with Gasteiger partial charge >= 0.3 is 0 Å². The first-order chi connectivity index (χ1) is 12.4. The van der Waals surface area contributed by atoms with Gasteiger partial charge in [-0.2, -0.15) is 5.10 Å². The highest BCUT2D eigenvalue weighted by Crippen LogP contribution is 2.22. The molecule has 0 bridgehead atoms. The van der Waals surface area contributed by atoms with Crippen LogP contribution in [0.1, 0.15) is 34.6 Å². The number of amides is 2. The van der Waals surface area contributed by atoms with Crippen molar-refractivity contribution in [3.05, 3.63) is 52.8 Å². The number of H-pyrrole nitrogens is 1. The van der Waals surface area contributed by atoms with Crippen LogP contribution >= 0.6 is 11.6 Å². The van der Waals surface area contributed by atoms with E-state index in [1.54, 1.807) is 30.5 Å². The van der Waals surface area contributed by atoms with Gasteiger partial charge in [-0.15, -0.1) is 0 Å². The number of rotatable bonds is 5. The smallest absolute Gasteiger partial charge is 0.257 e. The van der Waals surface area contributed by atoms with Gasteiger partial charge in [0, 0.05) is 18.4 Å². The van der Waals surface area contributed by atoms with Crippen LogP contribution in [0.4, 0.5) is 5.69 Å². The number of nitrogens with one attached hydrogen (secondary N) is 3. The van der Waals surface area contributed by atoms with Crippen LogP contribution in [-0.2, 0) is 0 Å². The lowest BCUT2D eigenvalue weighted by Crippen LogP contribution is -2.27. The molecule has 26 heavy (non-hydrogen) atoms. The summed E-state index contributed by atoms with van der Waals surface area (Å²) in [5, 5.41) is 12.5. The second kappa shape index (κ2) is 7.53. The maximum Gasteiger partial charge on any atom is 0.257 e. The second-order valence-electron chi connectivity index (χ2n) is 6.28. The fraction of sp³-hybridized carbons (Fsp3) is 0.222. The molecule has 0 fully saturated rings. The van der Waals surface area contributed by atoms with Crippen molar-refractivity contribution in [2.24, 2.45) is 5.92 Å². The van der Waals surface area contributed by atoms with Gasteiger partial charge in [0.25, 0.3) is 11.8 Å². The Labute approximate surface area is 155 Å². The number of hydrogen-bond donors (Lipinski definition) is 3. The van der Waals surface area contributed by atoms with Crippen molar-refractivity contribution < 1.29 is 9.59 Å². The summed E-state index contributed by atoms with van der Waals surface area (Å²) in [6.45, 7) is 4.59. The van der Waals surface area contributed by atoms with Gasteiger partial charge in [-0.3, -0.25) is 19.7 Å². The van der Waals surface area contributed by atoms with Gasteiger partial charge in [0.05, 0.1) is 27.9 Å². The van der Waals surface area contributed by atoms with Gasteiger partial charge in [-0.1, -0.05) is 25.4 Å². The summed E-state index contributed by atoms with van der Waals surface area (Å²) in [4.78, 5) is 28.7. The van der Waals surface area contributed by atoms with Gasteiger partial charge in [-0.05, 0) is 30.2 Å². The number of carbonyl (C=O) groups excluding carboxylic acids is 2. The molecule has 0 saturated heterocycles. The molecule has 2 aromatic heterocycles. The van der Waals surface area contributed by atoms with Crippen LogP contribution in [0, 0.1) is 5.92 Å². The van der Waals surface area contributed by atoms with E-state index < -0.39 is 0 Å². The van der Waals surface area contributed by atoms with Crippen LogP contribution in [0.15, 0.2) is 36.7 Å². The maximum absolute atomic E-state index is 12.4. The Bertz CT molecular complexity index is 967. The monoisotopic (exact) mass is 371 g/mol. The summed E-state index contributed by atoms with van der Waals surface area (Å²) in [6.07, 6.45) is 3.06. The zero-order valence-electron chi connectivity index (χ0n) is 14.3. The highest BCUT2D eigenvalue weighted by Gasteiger charge is 2.13. The Balaban J connectivity index is 1.72. The van der Waals surface area contributed by atoms with Crippen LogP contribution in [-0.4, -0.2) is 33.5 Å². The third kappa shape index (κ3) is 4.00. The van der Waals surface area contributed by atoms with Gasteiger partial charge in [-0.25, -0.2) is 0 Å². The number of carbonyl (C=O) groups is 2. The summed E-state index contributed by atoms with van der Waals surface area (Å²) in [6, 6.07) is 6.44. The van der Waals surface area contributed by atoms with Crippen molar-refractivity contribution >= 4 is 40.1 Å². The van der Waals surface area contributed by atoms with Crippen LogP contribution in [0.2, 0.25) is 5.02 Å². The van der Waals surface area contributed by atoms with E-state index >= 15 is 0 Å². The Hall–Kier alpha value is -2.93. The molecule has 0 saturated carbocycles. The molecule has 7 nitrogen and oxygen atoms in total. The summed E-state index contributed by atoms with van der Waals surface area (Å²) in [5.74, 6) is -0.227. The second-order valence-corrected chi connectivity index (χ2v) is 6.69. The molecular formula is C18H18ClN5O2. The lowest BCUT2D eigenvalue weighted by molar-refractivity contribution is 0.0948. The quantitative estimate of drug-likeness (QED) is 0.641. The normalized spacial score (nSPS) is 10.9. The van der Waals surface area contributed by atoms with Crippen LogP contribution in [0.5, 0.6) is 0 Å². The molecule has 3 N–H and O–H groups in total. The number of benzene rings is 1. The largest absolute Gasteiger partial charge is 0.352 e. The highest BCUT2D eigenvalue weighted by atomic mass is 35.5. The molecule has 8 heteroatoms. The van der Waals surface area contributed by atoms with Gasteiger partial charge in [0.2, 0.25) is 0 Å². The number of hydrogen-bond acceptors (Lipinski definition) is 4. The third-order valence-electron chi connectivity index (χ3n) is 3.69. The molecular weight excluding hydrogens is 354 g/mol. The van der Waals surface area contributed by atoms with E-state index in [0.717, 1.165) is 0 Å².